The second kappa shape index (κ2) is 9.26. The highest BCUT2D eigenvalue weighted by Crippen LogP contribution is 2.25. The van der Waals surface area contributed by atoms with E-state index in [0.717, 1.165) is 48.9 Å². The van der Waals surface area contributed by atoms with E-state index in [9.17, 15) is 4.79 Å². The summed E-state index contributed by atoms with van der Waals surface area (Å²) in [6.45, 7) is 8.96. The van der Waals surface area contributed by atoms with Crippen LogP contribution in [0.1, 0.15) is 24.2 Å². The molecule has 3 heterocycles. The first kappa shape index (κ1) is 20.3. The first-order valence-corrected chi connectivity index (χ1v) is 11.3. The molecule has 0 bridgehead atoms. The van der Waals surface area contributed by atoms with E-state index >= 15 is 0 Å². The van der Waals surface area contributed by atoms with E-state index in [2.05, 4.69) is 45.3 Å². The third-order valence-electron chi connectivity index (χ3n) is 5.55. The van der Waals surface area contributed by atoms with Crippen molar-refractivity contribution in [3.8, 4) is 10.4 Å². The summed E-state index contributed by atoms with van der Waals surface area (Å²) >= 11 is 1.71. The normalized spacial score (nSPS) is 14.1. The van der Waals surface area contributed by atoms with Crippen molar-refractivity contribution in [2.24, 2.45) is 0 Å². The summed E-state index contributed by atoms with van der Waals surface area (Å²) in [7, 11) is 0. The molecule has 0 atom stereocenters. The van der Waals surface area contributed by atoms with E-state index in [0.29, 0.717) is 13.1 Å². The number of rotatable bonds is 6. The standard InChI is InChI=1S/C23H27N5OS/c1-3-26(4-2)21-11-12-22(25-24-21)27-13-15-28(16-14-27)23(29)19-9-7-18(8-10-19)20-6-5-17-30-20/h5-12,17H,3-4,13-16H2,1-2H3. The number of carbonyl (C=O) groups is 1. The molecule has 6 nitrogen and oxygen atoms in total. The number of anilines is 2. The minimum Gasteiger partial charge on any atom is -0.356 e. The minimum absolute atomic E-state index is 0.0929. The third kappa shape index (κ3) is 4.31. The molecule has 1 aromatic carbocycles. The Labute approximate surface area is 181 Å². The zero-order valence-electron chi connectivity index (χ0n) is 17.5. The molecule has 1 saturated heterocycles. The molecule has 0 spiro atoms. The van der Waals surface area contributed by atoms with Gasteiger partial charge in [0, 0.05) is 49.7 Å². The van der Waals surface area contributed by atoms with Gasteiger partial charge in [-0.15, -0.1) is 21.5 Å². The second-order valence-electron chi connectivity index (χ2n) is 7.26. The lowest BCUT2D eigenvalue weighted by molar-refractivity contribution is 0.0746. The molecule has 3 aromatic rings. The second-order valence-corrected chi connectivity index (χ2v) is 8.20. The fourth-order valence-corrected chi connectivity index (χ4v) is 4.48. The predicted molar refractivity (Wildman–Crippen MR) is 123 cm³/mol. The molecular weight excluding hydrogens is 394 g/mol. The van der Waals surface area contributed by atoms with Crippen molar-refractivity contribution in [2.45, 2.75) is 13.8 Å². The van der Waals surface area contributed by atoms with Crippen LogP contribution in [0.15, 0.2) is 53.9 Å². The molecule has 1 aliphatic heterocycles. The van der Waals surface area contributed by atoms with Crippen molar-refractivity contribution in [3.63, 3.8) is 0 Å². The smallest absolute Gasteiger partial charge is 0.253 e. The van der Waals surface area contributed by atoms with Crippen LogP contribution >= 0.6 is 11.3 Å². The lowest BCUT2D eigenvalue weighted by atomic mass is 10.1. The Bertz CT molecular complexity index is 944. The summed E-state index contributed by atoms with van der Waals surface area (Å²) in [5.41, 5.74) is 1.89. The number of amides is 1. The number of nitrogens with zero attached hydrogens (tertiary/aromatic N) is 5. The zero-order chi connectivity index (χ0) is 20.9. The van der Waals surface area contributed by atoms with Crippen LogP contribution in [0.25, 0.3) is 10.4 Å². The van der Waals surface area contributed by atoms with Crippen molar-refractivity contribution >= 4 is 28.9 Å². The zero-order valence-corrected chi connectivity index (χ0v) is 18.3. The molecule has 1 amide bonds. The highest BCUT2D eigenvalue weighted by Gasteiger charge is 2.23. The van der Waals surface area contributed by atoms with Gasteiger partial charge < -0.3 is 14.7 Å². The number of hydrogen-bond donors (Lipinski definition) is 0. The van der Waals surface area contributed by atoms with Gasteiger partial charge in [-0.3, -0.25) is 4.79 Å². The molecule has 0 unspecified atom stereocenters. The lowest BCUT2D eigenvalue weighted by Gasteiger charge is -2.35. The Balaban J connectivity index is 1.35. The fraction of sp³-hybridized carbons (Fsp3) is 0.348. The third-order valence-corrected chi connectivity index (χ3v) is 6.47. The van der Waals surface area contributed by atoms with E-state index < -0.39 is 0 Å². The quantitative estimate of drug-likeness (QED) is 0.602. The fourth-order valence-electron chi connectivity index (χ4n) is 3.74. The molecule has 0 saturated carbocycles. The van der Waals surface area contributed by atoms with Gasteiger partial charge >= 0.3 is 0 Å². The maximum atomic E-state index is 12.9. The largest absolute Gasteiger partial charge is 0.356 e. The van der Waals surface area contributed by atoms with Crippen LogP contribution in [-0.2, 0) is 0 Å². The van der Waals surface area contributed by atoms with E-state index in [1.54, 1.807) is 11.3 Å². The Morgan fingerprint density at radius 1 is 0.967 bits per heavy atom. The molecule has 1 fully saturated rings. The van der Waals surface area contributed by atoms with Crippen molar-refractivity contribution in [1.29, 1.82) is 0 Å². The molecule has 0 radical (unpaired) electrons. The topological polar surface area (TPSA) is 52.6 Å². The summed E-state index contributed by atoms with van der Waals surface area (Å²) in [5.74, 6) is 1.87. The van der Waals surface area contributed by atoms with Crippen LogP contribution < -0.4 is 9.80 Å². The summed E-state index contributed by atoms with van der Waals surface area (Å²) in [6.07, 6.45) is 0. The molecule has 30 heavy (non-hydrogen) atoms. The number of carbonyl (C=O) groups excluding carboxylic acids is 1. The van der Waals surface area contributed by atoms with E-state index in [4.69, 9.17) is 0 Å². The molecule has 0 N–H and O–H groups in total. The summed E-state index contributed by atoms with van der Waals surface area (Å²) in [5, 5.41) is 10.9. The Morgan fingerprint density at radius 3 is 2.27 bits per heavy atom. The monoisotopic (exact) mass is 421 g/mol. The Morgan fingerprint density at radius 2 is 1.70 bits per heavy atom. The molecule has 1 aliphatic rings. The molecule has 4 rings (SSSR count). The maximum Gasteiger partial charge on any atom is 0.253 e. The van der Waals surface area contributed by atoms with Gasteiger partial charge in [0.1, 0.15) is 0 Å². The van der Waals surface area contributed by atoms with Gasteiger partial charge in [0.15, 0.2) is 11.6 Å². The number of thiophene rings is 1. The van der Waals surface area contributed by atoms with E-state index in [1.807, 2.05) is 47.4 Å². The van der Waals surface area contributed by atoms with Crippen LogP contribution in [0.5, 0.6) is 0 Å². The number of aromatic nitrogens is 2. The van der Waals surface area contributed by atoms with E-state index in [-0.39, 0.29) is 5.91 Å². The molecular formula is C23H27N5OS. The number of benzene rings is 1. The lowest BCUT2D eigenvalue weighted by Crippen LogP contribution is -2.49. The average Bonchev–Trinajstić information content (AvgIpc) is 3.35. The van der Waals surface area contributed by atoms with Crippen molar-refractivity contribution in [1.82, 2.24) is 15.1 Å². The van der Waals surface area contributed by atoms with Gasteiger partial charge in [-0.25, -0.2) is 0 Å². The molecule has 7 heteroatoms. The van der Waals surface area contributed by atoms with Gasteiger partial charge in [0.2, 0.25) is 0 Å². The van der Waals surface area contributed by atoms with Crippen LogP contribution in [0.2, 0.25) is 0 Å². The summed E-state index contributed by atoms with van der Waals surface area (Å²) < 4.78 is 0. The Kier molecular flexibility index (Phi) is 6.28. The van der Waals surface area contributed by atoms with Crippen molar-refractivity contribution in [2.75, 3.05) is 49.1 Å². The van der Waals surface area contributed by atoms with Crippen LogP contribution in [-0.4, -0.2) is 60.3 Å². The molecule has 156 valence electrons. The molecule has 0 aliphatic carbocycles. The van der Waals surface area contributed by atoms with Gasteiger partial charge in [0.25, 0.3) is 5.91 Å². The van der Waals surface area contributed by atoms with Gasteiger partial charge in [0.05, 0.1) is 0 Å². The minimum atomic E-state index is 0.0929. The molecule has 2 aromatic heterocycles. The van der Waals surface area contributed by atoms with Crippen LogP contribution in [0.4, 0.5) is 11.6 Å². The SMILES string of the molecule is CCN(CC)c1ccc(N2CCN(C(=O)c3ccc(-c4cccs4)cc3)CC2)nn1. The van der Waals surface area contributed by atoms with Gasteiger partial charge in [-0.1, -0.05) is 18.2 Å². The number of piperazine rings is 1. The first-order chi connectivity index (χ1) is 14.7. The van der Waals surface area contributed by atoms with E-state index in [1.165, 1.54) is 4.88 Å². The number of hydrogen-bond acceptors (Lipinski definition) is 6. The highest BCUT2D eigenvalue weighted by molar-refractivity contribution is 7.13. The Hall–Kier alpha value is -2.93. The first-order valence-electron chi connectivity index (χ1n) is 10.5. The highest BCUT2D eigenvalue weighted by atomic mass is 32.1. The summed E-state index contributed by atoms with van der Waals surface area (Å²) in [6, 6.07) is 16.1. The van der Waals surface area contributed by atoms with Gasteiger partial charge in [-0.05, 0) is 55.1 Å². The van der Waals surface area contributed by atoms with Gasteiger partial charge in [-0.2, -0.15) is 0 Å². The maximum absolute atomic E-state index is 12.9. The summed E-state index contributed by atoms with van der Waals surface area (Å²) in [4.78, 5) is 20.4. The van der Waals surface area contributed by atoms with Crippen molar-refractivity contribution < 1.29 is 4.79 Å². The van der Waals surface area contributed by atoms with Crippen molar-refractivity contribution in [3.05, 3.63) is 59.5 Å². The van der Waals surface area contributed by atoms with Crippen LogP contribution in [0.3, 0.4) is 0 Å². The van der Waals surface area contributed by atoms with Crippen LogP contribution in [0, 0.1) is 0 Å². The predicted octanol–water partition coefficient (Wildman–Crippen LogP) is 4.01. The average molecular weight is 422 g/mol.